The van der Waals surface area contributed by atoms with E-state index in [4.69, 9.17) is 23.2 Å². The molecule has 0 aromatic heterocycles. The molecule has 0 spiro atoms. The first-order valence-electron chi connectivity index (χ1n) is 19.9. The van der Waals surface area contributed by atoms with Crippen LogP contribution in [0.4, 0.5) is 34.1 Å². The van der Waals surface area contributed by atoms with Gasteiger partial charge in [-0.1, -0.05) is 115 Å². The van der Waals surface area contributed by atoms with Crippen LogP contribution in [-0.2, 0) is 41.6 Å². The Bertz CT molecular complexity index is 3490. The van der Waals surface area contributed by atoms with Crippen LogP contribution in [0.15, 0.2) is 192 Å². The Balaban J connectivity index is 0.000000722. The molecule has 0 bridgehead atoms. The second kappa shape index (κ2) is 31.2. The van der Waals surface area contributed by atoms with E-state index < -0.39 is 105 Å². The number of amides is 1. The van der Waals surface area contributed by atoms with E-state index in [0.29, 0.717) is 0 Å². The monoisotopic (exact) mass is 1180 g/mol. The quantitative estimate of drug-likeness (QED) is 0.0178. The molecule has 22 nitrogen and oxygen atoms in total. The largest absolute Gasteiger partial charge is 3.00 e. The van der Waals surface area contributed by atoms with Crippen LogP contribution in [0.25, 0.3) is 0 Å². The fraction of sp³-hybridized carbons (Fsp3) is 0.0435. The summed E-state index contributed by atoms with van der Waals surface area (Å²) in [6, 6.07) is 28.4. The molecule has 0 unspecified atom stereocenters. The number of rotatable bonds is 16. The van der Waals surface area contributed by atoms with Crippen molar-refractivity contribution in [1.82, 2.24) is 0 Å². The van der Waals surface area contributed by atoms with Gasteiger partial charge in [0.05, 0.1) is 71.2 Å². The number of anilines is 3. The number of hydrogen-bond donors (Lipinski definition) is 4. The summed E-state index contributed by atoms with van der Waals surface area (Å²) >= 11 is 11.9. The van der Waals surface area contributed by atoms with Crippen molar-refractivity contribution in [2.24, 2.45) is 25.4 Å². The summed E-state index contributed by atoms with van der Waals surface area (Å²) < 4.78 is 55.5. The van der Waals surface area contributed by atoms with Gasteiger partial charge in [-0.3, -0.25) is 19.2 Å². The number of sulfonamides is 2. The van der Waals surface area contributed by atoms with Gasteiger partial charge in [0.2, 0.25) is 0 Å². The summed E-state index contributed by atoms with van der Waals surface area (Å²) in [4.78, 5) is 38.0. The van der Waals surface area contributed by atoms with E-state index in [9.17, 15) is 67.0 Å². The number of aliphatic imine (C=N–C) groups is 1. The minimum Gasteiger partial charge on any atom is -0.874 e. The predicted octanol–water partition coefficient (Wildman–Crippen LogP) is -4.42. The molecule has 0 aliphatic rings. The molecule has 6 aromatic rings. The summed E-state index contributed by atoms with van der Waals surface area (Å²) in [5.41, 5.74) is -3.20. The van der Waals surface area contributed by atoms with Crippen molar-refractivity contribution in [3.8, 4) is 11.5 Å². The van der Waals surface area contributed by atoms with Gasteiger partial charge < -0.3 is 45.9 Å². The molecule has 378 valence electrons. The average Bonchev–Trinajstić information content (AvgIpc) is 3.31. The molecule has 30 heteroatoms. The Morgan fingerprint density at radius 1 is 0.539 bits per heavy atom. The third kappa shape index (κ3) is 19.0. The molecular formula is C46H32Cl2CoN8Na3O14S2. The second-order valence-corrected chi connectivity index (χ2v) is 18.3. The Hall–Kier alpha value is -5.33. The van der Waals surface area contributed by atoms with Crippen LogP contribution in [-0.4, -0.2) is 45.7 Å². The van der Waals surface area contributed by atoms with Crippen LogP contribution in [0.3, 0.4) is 0 Å². The van der Waals surface area contributed by atoms with Crippen LogP contribution in [0, 0.1) is 0 Å². The topological polar surface area (TPSA) is 376 Å². The Kier molecular flexibility index (Phi) is 28.2. The van der Waals surface area contributed by atoms with E-state index in [1.54, 1.807) is 24.3 Å². The molecule has 0 fully saturated rings. The van der Waals surface area contributed by atoms with Crippen LogP contribution < -0.4 is 134 Å². The number of nitrogens with zero attached hydrogens (tertiary/aromatic N) is 5. The maximum absolute atomic E-state index is 12.8. The summed E-state index contributed by atoms with van der Waals surface area (Å²) in [6.45, 7) is 2.09. The summed E-state index contributed by atoms with van der Waals surface area (Å²) in [7, 11) is -8.73. The molecule has 1 amide bonds. The molecule has 6 aromatic carbocycles. The van der Waals surface area contributed by atoms with Gasteiger partial charge in [0, 0.05) is 11.5 Å². The van der Waals surface area contributed by atoms with Gasteiger partial charge >= 0.3 is 111 Å². The molecule has 0 radical (unpaired) electrons. The molecule has 0 saturated heterocycles. The summed E-state index contributed by atoms with van der Waals surface area (Å²) in [6.07, 6.45) is 0. The van der Waals surface area contributed by atoms with Crippen molar-refractivity contribution in [2.75, 3.05) is 14.8 Å². The van der Waals surface area contributed by atoms with Gasteiger partial charge in [0.25, 0.3) is 26.0 Å². The Morgan fingerprint density at radius 3 is 1.39 bits per heavy atom. The number of carboxylic acid groups (broad SMARTS) is 2. The molecule has 0 heterocycles. The number of carboxylic acids is 2. The zero-order chi connectivity index (χ0) is 52.9. The molecule has 4 N–H and O–H groups in total. The number of para-hydroxylation sites is 4. The normalized spacial score (nSPS) is 11.9. The number of azo groups is 2. The smallest absolute Gasteiger partial charge is 0.874 e. The number of aromatic carboxylic acids is 2. The fourth-order valence-corrected chi connectivity index (χ4v) is 8.16. The fourth-order valence-electron chi connectivity index (χ4n) is 5.60. The summed E-state index contributed by atoms with van der Waals surface area (Å²) in [5.74, 6) is -8.04. The molecule has 6 rings (SSSR count). The van der Waals surface area contributed by atoms with Gasteiger partial charge in [-0.15, -0.1) is 16.6 Å². The van der Waals surface area contributed by atoms with Crippen molar-refractivity contribution in [2.45, 2.75) is 23.6 Å². The minimum atomic E-state index is -4.38. The Labute approximate surface area is 520 Å². The third-order valence-corrected chi connectivity index (χ3v) is 12.4. The second-order valence-electron chi connectivity index (χ2n) is 14.2. The van der Waals surface area contributed by atoms with Crippen molar-refractivity contribution < 1.29 is 172 Å². The van der Waals surface area contributed by atoms with Crippen LogP contribution in [0.1, 0.15) is 34.6 Å². The van der Waals surface area contributed by atoms with E-state index in [1.807, 2.05) is 0 Å². The number of benzene rings is 6. The minimum absolute atomic E-state index is 0. The van der Waals surface area contributed by atoms with E-state index in [2.05, 4.69) is 40.2 Å². The Morgan fingerprint density at radius 2 is 0.947 bits per heavy atom. The third-order valence-electron chi connectivity index (χ3n) is 9.07. The first-order chi connectivity index (χ1) is 34.0. The SMILES string of the molecule is CC([O-])=C(N=Nc1cc(S(=O)(=O)Nc2ccccc2C(=O)O)ccc1[O-])C(=O)Nc1ccccc1Cl.CC([O-])=C(N=Nc1cc(S(=O)(=O)Nc2ccccc2C(=O)[O-])ccc1[O-])C([O-])=Nc1ccccc1Cl.[Co+3].[Na+].[Na+].[Na+]. The predicted molar refractivity (Wildman–Crippen MR) is 251 cm³/mol. The van der Waals surface area contributed by atoms with E-state index in [1.165, 1.54) is 66.7 Å². The van der Waals surface area contributed by atoms with Gasteiger partial charge in [-0.05, 0) is 66.7 Å². The molecule has 0 aliphatic carbocycles. The van der Waals surface area contributed by atoms with Crippen molar-refractivity contribution in [3.05, 3.63) is 178 Å². The van der Waals surface area contributed by atoms with Gasteiger partial charge in [-0.2, -0.15) is 15.3 Å². The van der Waals surface area contributed by atoms with Gasteiger partial charge in [0.1, 0.15) is 5.70 Å². The molecule has 0 saturated carbocycles. The number of carbonyl (C=O) groups is 3. The molecular weight excluding hydrogens is 1150 g/mol. The number of carbonyl (C=O) groups excluding carboxylic acids is 2. The van der Waals surface area contributed by atoms with E-state index >= 15 is 0 Å². The van der Waals surface area contributed by atoms with Crippen molar-refractivity contribution >= 4 is 101 Å². The average molecular weight is 1180 g/mol. The standard InChI is InChI=1S/2C23H19ClN4O7S.Co.3Na/c2*1-13(29)21(22(31)25-18-9-5-3-7-16(18)24)27-26-19-12-14(10-11-20(19)30)36(34,35)28-17-8-4-2-6-15(17)23(32)33;;;;/h2*2-12,28-30H,1H3,(H,25,31)(H,32,33);;;;/q;;+3;3*+1/p-6. The van der Waals surface area contributed by atoms with E-state index in [0.717, 1.165) is 56.3 Å². The number of nitrogens with one attached hydrogen (secondary N) is 3. The van der Waals surface area contributed by atoms with Gasteiger partial charge in [0.15, 0.2) is 0 Å². The first kappa shape index (κ1) is 68.7. The van der Waals surface area contributed by atoms with Crippen LogP contribution in [0.2, 0.25) is 10.0 Å². The molecule has 0 atom stereocenters. The van der Waals surface area contributed by atoms with Crippen LogP contribution in [0.5, 0.6) is 11.5 Å². The summed E-state index contributed by atoms with van der Waals surface area (Å²) in [5, 5.41) is 98.4. The van der Waals surface area contributed by atoms with Gasteiger partial charge in [-0.25, -0.2) is 21.6 Å². The number of allylic oxidation sites excluding steroid dienone is 2. The van der Waals surface area contributed by atoms with Crippen molar-refractivity contribution in [3.63, 3.8) is 0 Å². The zero-order valence-corrected chi connectivity index (χ0v) is 50.3. The number of hydrogen-bond acceptors (Lipinski definition) is 18. The van der Waals surface area contributed by atoms with Crippen LogP contribution >= 0.6 is 23.2 Å². The first-order valence-corrected chi connectivity index (χ1v) is 23.7. The van der Waals surface area contributed by atoms with E-state index in [-0.39, 0.29) is 144 Å². The molecule has 0 aliphatic heterocycles. The molecule has 76 heavy (non-hydrogen) atoms. The maximum Gasteiger partial charge on any atom is 3.00 e. The van der Waals surface area contributed by atoms with Crippen molar-refractivity contribution in [1.29, 1.82) is 0 Å². The zero-order valence-electron chi connectivity index (χ0n) is 40.1. The maximum atomic E-state index is 12.8. The number of halogens is 2.